The lowest BCUT2D eigenvalue weighted by molar-refractivity contribution is 0.660. The van der Waals surface area contributed by atoms with Crippen molar-refractivity contribution in [1.82, 2.24) is 0 Å². The zero-order valence-electron chi connectivity index (χ0n) is 30.9. The second kappa shape index (κ2) is 13.7. The number of hydrogen-bond donors (Lipinski definition) is 0. The summed E-state index contributed by atoms with van der Waals surface area (Å²) in [5.74, 6) is 0. The van der Waals surface area contributed by atoms with Crippen LogP contribution in [-0.4, -0.2) is 0 Å². The molecular formula is C52H42N2. The van der Waals surface area contributed by atoms with E-state index in [-0.39, 0.29) is 5.41 Å². The SMILES string of the molecule is Cc1cccc(N(c2ccc3c(c2)C(C)(C)c2cc(/C=C/c4ccc(N(c5ccccc5)c5ccccc5)cc4)ccc2-3)c2cccc3ccccc23)c1. The maximum absolute atomic E-state index is 2.42. The molecule has 0 aliphatic heterocycles. The lowest BCUT2D eigenvalue weighted by Crippen LogP contribution is -2.17. The Labute approximate surface area is 318 Å². The second-order valence-electron chi connectivity index (χ2n) is 14.8. The predicted octanol–water partition coefficient (Wildman–Crippen LogP) is 14.6. The number of nitrogens with zero attached hydrogens (tertiary/aromatic N) is 2. The topological polar surface area (TPSA) is 6.48 Å². The molecule has 1 aliphatic rings. The van der Waals surface area contributed by atoms with Crippen molar-refractivity contribution in [3.05, 3.63) is 216 Å². The Hall–Kier alpha value is -6.64. The van der Waals surface area contributed by atoms with Gasteiger partial charge in [-0.25, -0.2) is 0 Å². The Kier molecular flexibility index (Phi) is 8.44. The van der Waals surface area contributed by atoms with Crippen LogP contribution in [0.15, 0.2) is 188 Å². The summed E-state index contributed by atoms with van der Waals surface area (Å²) in [6.45, 7) is 6.90. The molecule has 8 aromatic carbocycles. The van der Waals surface area contributed by atoms with Crippen molar-refractivity contribution in [1.29, 1.82) is 0 Å². The van der Waals surface area contributed by atoms with Gasteiger partial charge in [-0.15, -0.1) is 0 Å². The summed E-state index contributed by atoms with van der Waals surface area (Å²) in [5.41, 5.74) is 15.7. The van der Waals surface area contributed by atoms with Crippen LogP contribution in [0.2, 0.25) is 0 Å². The quantitative estimate of drug-likeness (QED) is 0.146. The fraction of sp³-hybridized carbons (Fsp3) is 0.0769. The van der Waals surface area contributed by atoms with Gasteiger partial charge in [-0.2, -0.15) is 0 Å². The van der Waals surface area contributed by atoms with Crippen molar-refractivity contribution in [3.8, 4) is 11.1 Å². The molecule has 54 heavy (non-hydrogen) atoms. The molecule has 1 aliphatic carbocycles. The fourth-order valence-electron chi connectivity index (χ4n) is 8.11. The first-order chi connectivity index (χ1) is 26.4. The maximum atomic E-state index is 2.42. The van der Waals surface area contributed by atoms with Crippen molar-refractivity contribution < 1.29 is 0 Å². The molecule has 0 saturated heterocycles. The van der Waals surface area contributed by atoms with E-state index in [9.17, 15) is 0 Å². The van der Waals surface area contributed by atoms with Gasteiger partial charge in [0.05, 0.1) is 5.69 Å². The smallest absolute Gasteiger partial charge is 0.0540 e. The Morgan fingerprint density at radius 1 is 0.407 bits per heavy atom. The van der Waals surface area contributed by atoms with Crippen LogP contribution in [0.4, 0.5) is 34.1 Å². The van der Waals surface area contributed by atoms with Gasteiger partial charge in [-0.1, -0.05) is 147 Å². The van der Waals surface area contributed by atoms with E-state index in [0.29, 0.717) is 0 Å². The van der Waals surface area contributed by atoms with E-state index in [1.165, 1.54) is 55.5 Å². The van der Waals surface area contributed by atoms with Gasteiger partial charge in [0.2, 0.25) is 0 Å². The van der Waals surface area contributed by atoms with Crippen molar-refractivity contribution in [2.45, 2.75) is 26.2 Å². The fourth-order valence-corrected chi connectivity index (χ4v) is 8.11. The number of rotatable bonds is 8. The summed E-state index contributed by atoms with van der Waals surface area (Å²) in [6, 6.07) is 68.0. The number of aryl methyl sites for hydroxylation is 1. The molecule has 0 aromatic heterocycles. The molecule has 0 radical (unpaired) electrons. The van der Waals surface area contributed by atoms with Crippen LogP contribution in [0.3, 0.4) is 0 Å². The molecule has 0 amide bonds. The highest BCUT2D eigenvalue weighted by Gasteiger charge is 2.36. The second-order valence-corrected chi connectivity index (χ2v) is 14.8. The Morgan fingerprint density at radius 2 is 0.926 bits per heavy atom. The minimum atomic E-state index is -0.165. The summed E-state index contributed by atoms with van der Waals surface area (Å²) in [7, 11) is 0. The van der Waals surface area contributed by atoms with Gasteiger partial charge >= 0.3 is 0 Å². The zero-order valence-corrected chi connectivity index (χ0v) is 30.9. The number of hydrogen-bond acceptors (Lipinski definition) is 2. The minimum absolute atomic E-state index is 0.165. The third kappa shape index (κ3) is 6.06. The molecule has 8 aromatic rings. The van der Waals surface area contributed by atoms with Crippen LogP contribution in [0.1, 0.15) is 41.7 Å². The normalized spacial score (nSPS) is 12.8. The summed E-state index contributed by atoms with van der Waals surface area (Å²) in [5, 5.41) is 2.47. The number of para-hydroxylation sites is 2. The molecular weight excluding hydrogens is 653 g/mol. The molecule has 260 valence electrons. The molecule has 0 unspecified atom stereocenters. The highest BCUT2D eigenvalue weighted by molar-refractivity contribution is 5.99. The van der Waals surface area contributed by atoms with Crippen molar-refractivity contribution >= 4 is 57.0 Å². The molecule has 0 atom stereocenters. The van der Waals surface area contributed by atoms with Gasteiger partial charge in [0, 0.05) is 39.2 Å². The zero-order chi connectivity index (χ0) is 36.6. The Morgan fingerprint density at radius 3 is 1.65 bits per heavy atom. The van der Waals surface area contributed by atoms with E-state index in [1.807, 2.05) is 0 Å². The van der Waals surface area contributed by atoms with Gasteiger partial charge in [-0.3, -0.25) is 0 Å². The van der Waals surface area contributed by atoms with Gasteiger partial charge in [0.15, 0.2) is 0 Å². The number of benzene rings is 8. The van der Waals surface area contributed by atoms with E-state index < -0.39 is 0 Å². The van der Waals surface area contributed by atoms with Gasteiger partial charge in [0.1, 0.15) is 0 Å². The van der Waals surface area contributed by atoms with E-state index in [4.69, 9.17) is 0 Å². The highest BCUT2D eigenvalue weighted by atomic mass is 15.1. The molecule has 0 fully saturated rings. The monoisotopic (exact) mass is 694 g/mol. The molecule has 0 saturated carbocycles. The minimum Gasteiger partial charge on any atom is -0.311 e. The average molecular weight is 695 g/mol. The first-order valence-electron chi connectivity index (χ1n) is 18.8. The first-order valence-corrected chi connectivity index (χ1v) is 18.8. The summed E-state index contributed by atoms with van der Waals surface area (Å²) in [6.07, 6.45) is 4.46. The number of fused-ring (bicyclic) bond motifs is 4. The third-order valence-electron chi connectivity index (χ3n) is 10.9. The average Bonchev–Trinajstić information content (AvgIpc) is 3.43. The first kappa shape index (κ1) is 33.2. The third-order valence-corrected chi connectivity index (χ3v) is 10.9. The summed E-state index contributed by atoms with van der Waals surface area (Å²) in [4.78, 5) is 4.72. The standard InChI is InChI=1S/C52H42N2/c1-37-14-12-21-44(34-37)54(51-23-13-16-40-15-10-11-22-46(40)51)45-31-33-48-47-32-28-39(35-49(47)52(2,3)50(48)36-45)25-24-38-26-29-43(30-27-38)53(41-17-6-4-7-18-41)42-19-8-5-9-20-42/h4-36H,1-3H3/b25-24+. The lowest BCUT2D eigenvalue weighted by Gasteiger charge is -2.29. The molecule has 0 bridgehead atoms. The van der Waals surface area contributed by atoms with Crippen LogP contribution in [0.5, 0.6) is 0 Å². The predicted molar refractivity (Wildman–Crippen MR) is 231 cm³/mol. The Bertz CT molecular complexity index is 2590. The summed E-state index contributed by atoms with van der Waals surface area (Å²) < 4.78 is 0. The Balaban J connectivity index is 1.03. The van der Waals surface area contributed by atoms with E-state index in [0.717, 1.165) is 28.3 Å². The molecule has 2 heteroatoms. The van der Waals surface area contributed by atoms with E-state index >= 15 is 0 Å². The van der Waals surface area contributed by atoms with Crippen LogP contribution in [0, 0.1) is 6.92 Å². The molecule has 0 spiro atoms. The number of anilines is 6. The molecule has 0 heterocycles. The van der Waals surface area contributed by atoms with Crippen molar-refractivity contribution in [2.24, 2.45) is 0 Å². The van der Waals surface area contributed by atoms with Gasteiger partial charge < -0.3 is 9.80 Å². The lowest BCUT2D eigenvalue weighted by atomic mass is 9.81. The molecule has 0 N–H and O–H groups in total. The largest absolute Gasteiger partial charge is 0.311 e. The van der Waals surface area contributed by atoms with Crippen LogP contribution >= 0.6 is 0 Å². The molecule has 9 rings (SSSR count). The maximum Gasteiger partial charge on any atom is 0.0540 e. The van der Waals surface area contributed by atoms with Crippen molar-refractivity contribution in [3.63, 3.8) is 0 Å². The van der Waals surface area contributed by atoms with Crippen LogP contribution < -0.4 is 9.80 Å². The van der Waals surface area contributed by atoms with Crippen molar-refractivity contribution in [2.75, 3.05) is 9.80 Å². The van der Waals surface area contributed by atoms with Crippen LogP contribution in [0.25, 0.3) is 34.1 Å². The van der Waals surface area contributed by atoms with Gasteiger partial charge in [-0.05, 0) is 118 Å². The summed E-state index contributed by atoms with van der Waals surface area (Å²) >= 11 is 0. The molecule has 2 nitrogen and oxygen atoms in total. The van der Waals surface area contributed by atoms with Crippen LogP contribution in [-0.2, 0) is 5.41 Å². The van der Waals surface area contributed by atoms with E-state index in [2.05, 4.69) is 231 Å². The van der Waals surface area contributed by atoms with Gasteiger partial charge in [0.25, 0.3) is 0 Å². The highest BCUT2D eigenvalue weighted by Crippen LogP contribution is 2.51. The van der Waals surface area contributed by atoms with E-state index in [1.54, 1.807) is 0 Å².